The van der Waals surface area contributed by atoms with Gasteiger partial charge in [-0.25, -0.2) is 4.39 Å². The van der Waals surface area contributed by atoms with Crippen molar-refractivity contribution in [3.63, 3.8) is 0 Å². The van der Waals surface area contributed by atoms with Crippen LogP contribution in [-0.2, 0) is 0 Å². The highest BCUT2D eigenvalue weighted by Crippen LogP contribution is 2.17. The van der Waals surface area contributed by atoms with Crippen LogP contribution in [0.1, 0.15) is 29.6 Å². The standard InChI is InChI=1S/C13H17FN2O2S/c1-18-11-6-5-9(8-10(11)14)13(17)16-7-3-2-4-12(15)19/h5-6,8H,2-4,7H2,1H3,(H2,15,19)(H,16,17). The van der Waals surface area contributed by atoms with E-state index in [9.17, 15) is 9.18 Å². The van der Waals surface area contributed by atoms with Crippen LogP contribution in [0.5, 0.6) is 5.75 Å². The third-order valence-corrected chi connectivity index (χ3v) is 2.75. The summed E-state index contributed by atoms with van der Waals surface area (Å²) in [6, 6.07) is 4.10. The predicted octanol–water partition coefficient (Wildman–Crippen LogP) is 2.02. The lowest BCUT2D eigenvalue weighted by Gasteiger charge is -2.07. The van der Waals surface area contributed by atoms with Crippen LogP contribution in [0, 0.1) is 5.82 Å². The summed E-state index contributed by atoms with van der Waals surface area (Å²) >= 11 is 4.75. The Hall–Kier alpha value is -1.69. The van der Waals surface area contributed by atoms with Crippen LogP contribution < -0.4 is 15.8 Å². The van der Waals surface area contributed by atoms with Crippen LogP contribution in [0.4, 0.5) is 4.39 Å². The number of halogens is 1. The average Bonchev–Trinajstić information content (AvgIpc) is 2.37. The number of carbonyl (C=O) groups is 1. The van der Waals surface area contributed by atoms with Crippen molar-refractivity contribution in [1.29, 1.82) is 0 Å². The molecular weight excluding hydrogens is 267 g/mol. The third kappa shape index (κ3) is 5.21. The van der Waals surface area contributed by atoms with E-state index in [1.54, 1.807) is 0 Å². The number of carbonyl (C=O) groups excluding carboxylic acids is 1. The molecule has 0 unspecified atom stereocenters. The summed E-state index contributed by atoms with van der Waals surface area (Å²) < 4.78 is 18.2. The van der Waals surface area contributed by atoms with Crippen molar-refractivity contribution in [1.82, 2.24) is 5.32 Å². The number of amides is 1. The van der Waals surface area contributed by atoms with Crippen molar-refractivity contribution in [2.75, 3.05) is 13.7 Å². The Morgan fingerprint density at radius 3 is 2.79 bits per heavy atom. The Morgan fingerprint density at radius 2 is 2.21 bits per heavy atom. The second kappa shape index (κ2) is 7.68. The van der Waals surface area contributed by atoms with Crippen molar-refractivity contribution in [2.24, 2.45) is 5.73 Å². The number of nitrogens with one attached hydrogen (secondary N) is 1. The predicted molar refractivity (Wildman–Crippen MR) is 75.9 cm³/mol. The number of methoxy groups -OCH3 is 1. The maximum atomic E-state index is 13.4. The lowest BCUT2D eigenvalue weighted by molar-refractivity contribution is 0.0952. The summed E-state index contributed by atoms with van der Waals surface area (Å²) in [5.74, 6) is -0.742. The molecular formula is C13H17FN2O2S. The van der Waals surface area contributed by atoms with Gasteiger partial charge in [0.1, 0.15) is 0 Å². The molecule has 0 heterocycles. The van der Waals surface area contributed by atoms with Crippen LogP contribution in [-0.4, -0.2) is 24.6 Å². The van der Waals surface area contributed by atoms with E-state index in [0.717, 1.165) is 18.9 Å². The molecule has 1 amide bonds. The van der Waals surface area contributed by atoms with Gasteiger partial charge in [0.25, 0.3) is 5.91 Å². The number of benzene rings is 1. The molecule has 1 aromatic carbocycles. The van der Waals surface area contributed by atoms with Crippen LogP contribution in [0.2, 0.25) is 0 Å². The Kier molecular flexibility index (Phi) is 6.21. The summed E-state index contributed by atoms with van der Waals surface area (Å²) in [6.07, 6.45) is 2.27. The molecule has 104 valence electrons. The number of nitrogens with two attached hydrogens (primary N) is 1. The fourth-order valence-corrected chi connectivity index (χ4v) is 1.68. The maximum Gasteiger partial charge on any atom is 0.251 e. The Bertz CT molecular complexity index is 466. The van der Waals surface area contributed by atoms with E-state index in [0.29, 0.717) is 18.0 Å². The van der Waals surface area contributed by atoms with Gasteiger partial charge < -0.3 is 15.8 Å². The molecule has 0 aromatic heterocycles. The largest absolute Gasteiger partial charge is 0.494 e. The molecule has 0 bridgehead atoms. The molecule has 4 nitrogen and oxygen atoms in total. The van der Waals surface area contributed by atoms with E-state index in [1.165, 1.54) is 19.2 Å². The topological polar surface area (TPSA) is 64.3 Å². The molecule has 1 aromatic rings. The minimum atomic E-state index is -0.552. The Morgan fingerprint density at radius 1 is 1.47 bits per heavy atom. The van der Waals surface area contributed by atoms with Gasteiger partial charge >= 0.3 is 0 Å². The molecule has 0 saturated heterocycles. The Labute approximate surface area is 117 Å². The highest BCUT2D eigenvalue weighted by atomic mass is 32.1. The van der Waals surface area contributed by atoms with Gasteiger partial charge in [-0.05, 0) is 37.5 Å². The first-order valence-electron chi connectivity index (χ1n) is 5.94. The molecule has 0 aliphatic heterocycles. The van der Waals surface area contributed by atoms with Gasteiger partial charge in [-0.15, -0.1) is 0 Å². The van der Waals surface area contributed by atoms with E-state index < -0.39 is 5.82 Å². The van der Waals surface area contributed by atoms with Crippen LogP contribution in [0.3, 0.4) is 0 Å². The SMILES string of the molecule is COc1ccc(C(=O)NCCCCC(N)=S)cc1F. The highest BCUT2D eigenvalue weighted by molar-refractivity contribution is 7.80. The number of thiocarbonyl (C=S) groups is 1. The lowest BCUT2D eigenvalue weighted by atomic mass is 10.2. The van der Waals surface area contributed by atoms with Gasteiger partial charge in [-0.1, -0.05) is 12.2 Å². The number of rotatable bonds is 7. The van der Waals surface area contributed by atoms with Gasteiger partial charge in [0, 0.05) is 12.1 Å². The first-order chi connectivity index (χ1) is 9.04. The van der Waals surface area contributed by atoms with E-state index in [2.05, 4.69) is 5.32 Å². The monoisotopic (exact) mass is 284 g/mol. The second-order valence-electron chi connectivity index (χ2n) is 4.03. The highest BCUT2D eigenvalue weighted by Gasteiger charge is 2.09. The molecule has 0 radical (unpaired) electrons. The van der Waals surface area contributed by atoms with Gasteiger partial charge in [0.2, 0.25) is 0 Å². The summed E-state index contributed by atoms with van der Waals surface area (Å²) in [6.45, 7) is 0.509. The molecule has 0 aliphatic carbocycles. The van der Waals surface area contributed by atoms with Gasteiger partial charge in [0.15, 0.2) is 11.6 Å². The molecule has 0 aliphatic rings. The zero-order chi connectivity index (χ0) is 14.3. The van der Waals surface area contributed by atoms with Gasteiger partial charge in [0.05, 0.1) is 12.1 Å². The van der Waals surface area contributed by atoms with Crippen LogP contribution in [0.15, 0.2) is 18.2 Å². The van der Waals surface area contributed by atoms with E-state index >= 15 is 0 Å². The molecule has 19 heavy (non-hydrogen) atoms. The average molecular weight is 284 g/mol. The summed E-state index contributed by atoms with van der Waals surface area (Å²) in [5.41, 5.74) is 5.63. The number of hydrogen-bond acceptors (Lipinski definition) is 3. The molecule has 6 heteroatoms. The number of hydrogen-bond donors (Lipinski definition) is 2. The summed E-state index contributed by atoms with van der Waals surface area (Å²) in [4.78, 5) is 12.2. The van der Waals surface area contributed by atoms with Crippen molar-refractivity contribution in [3.05, 3.63) is 29.6 Å². The fraction of sp³-hybridized carbons (Fsp3) is 0.385. The lowest BCUT2D eigenvalue weighted by Crippen LogP contribution is -2.24. The van der Waals surface area contributed by atoms with Gasteiger partial charge in [-0.3, -0.25) is 4.79 Å². The van der Waals surface area contributed by atoms with Crippen LogP contribution >= 0.6 is 12.2 Å². The summed E-state index contributed by atoms with van der Waals surface area (Å²) in [7, 11) is 1.38. The zero-order valence-electron chi connectivity index (χ0n) is 10.7. The first-order valence-corrected chi connectivity index (χ1v) is 6.35. The minimum absolute atomic E-state index is 0.119. The van der Waals surface area contributed by atoms with Crippen LogP contribution in [0.25, 0.3) is 0 Å². The first kappa shape index (κ1) is 15.4. The normalized spacial score (nSPS) is 10.0. The molecule has 0 atom stereocenters. The van der Waals surface area contributed by atoms with E-state index in [1.807, 2.05) is 0 Å². The number of unbranched alkanes of at least 4 members (excludes halogenated alkanes) is 1. The fourth-order valence-electron chi connectivity index (χ4n) is 1.54. The Balaban J connectivity index is 2.41. The van der Waals surface area contributed by atoms with Crippen molar-refractivity contribution in [2.45, 2.75) is 19.3 Å². The number of ether oxygens (including phenoxy) is 1. The van der Waals surface area contributed by atoms with Crippen molar-refractivity contribution >= 4 is 23.1 Å². The third-order valence-electron chi connectivity index (χ3n) is 2.55. The van der Waals surface area contributed by atoms with Crippen molar-refractivity contribution < 1.29 is 13.9 Å². The molecule has 3 N–H and O–H groups in total. The molecule has 0 spiro atoms. The second-order valence-corrected chi connectivity index (χ2v) is 4.55. The summed E-state index contributed by atoms with van der Waals surface area (Å²) in [5, 5.41) is 2.71. The molecule has 0 fully saturated rings. The maximum absolute atomic E-state index is 13.4. The van der Waals surface area contributed by atoms with E-state index in [-0.39, 0.29) is 17.2 Å². The minimum Gasteiger partial charge on any atom is -0.494 e. The van der Waals surface area contributed by atoms with E-state index in [4.69, 9.17) is 22.7 Å². The smallest absolute Gasteiger partial charge is 0.251 e. The zero-order valence-corrected chi connectivity index (χ0v) is 11.6. The van der Waals surface area contributed by atoms with Crippen molar-refractivity contribution in [3.8, 4) is 5.75 Å². The molecule has 0 saturated carbocycles. The quantitative estimate of drug-likeness (QED) is 0.594. The molecule has 1 rings (SSSR count). The van der Waals surface area contributed by atoms with Gasteiger partial charge in [-0.2, -0.15) is 0 Å².